The molecule has 0 aromatic heterocycles. The van der Waals surface area contributed by atoms with E-state index in [-0.39, 0.29) is 6.04 Å². The van der Waals surface area contributed by atoms with Gasteiger partial charge in [-0.3, -0.25) is 14.5 Å². The van der Waals surface area contributed by atoms with Crippen molar-refractivity contribution in [1.29, 1.82) is 0 Å². The number of likely N-dealkylation sites (N-methyl/N-ethyl adjacent to an activating group) is 1. The second kappa shape index (κ2) is 10.6. The average molecular weight is 437 g/mol. The van der Waals surface area contributed by atoms with Gasteiger partial charge in [-0.2, -0.15) is 0 Å². The van der Waals surface area contributed by atoms with E-state index in [2.05, 4.69) is 45.7 Å². The second-order valence-corrected chi connectivity index (χ2v) is 8.43. The van der Waals surface area contributed by atoms with Crippen LogP contribution in [0.1, 0.15) is 22.7 Å². The fourth-order valence-electron chi connectivity index (χ4n) is 4.46. The summed E-state index contributed by atoms with van der Waals surface area (Å²) in [6.45, 7) is 4.82. The molecule has 1 saturated heterocycles. The van der Waals surface area contributed by atoms with Crippen molar-refractivity contribution in [3.05, 3.63) is 65.2 Å². The Morgan fingerprint density at radius 2 is 1.75 bits per heavy atom. The highest BCUT2D eigenvalue weighted by atomic mass is 16.5. The zero-order valence-corrected chi connectivity index (χ0v) is 18.7. The van der Waals surface area contributed by atoms with Crippen molar-refractivity contribution in [2.75, 3.05) is 57.9 Å². The van der Waals surface area contributed by atoms with E-state index in [4.69, 9.17) is 4.74 Å². The normalized spacial score (nSPS) is 17.0. The summed E-state index contributed by atoms with van der Waals surface area (Å²) < 4.78 is 5.52. The van der Waals surface area contributed by atoms with Gasteiger partial charge in [-0.15, -0.1) is 0 Å². The molecule has 0 bridgehead atoms. The topological polar surface area (TPSA) is 73.9 Å². The monoisotopic (exact) mass is 436 g/mol. The van der Waals surface area contributed by atoms with Crippen molar-refractivity contribution < 1.29 is 14.3 Å². The van der Waals surface area contributed by atoms with Crippen LogP contribution < -0.4 is 15.5 Å². The Kier molecular flexibility index (Phi) is 7.39. The van der Waals surface area contributed by atoms with Crippen molar-refractivity contribution >= 4 is 17.5 Å². The maximum atomic E-state index is 12.5. The number of amides is 2. The smallest absolute Gasteiger partial charge is 0.309 e. The van der Waals surface area contributed by atoms with E-state index in [9.17, 15) is 9.59 Å². The number of carbonyl (C=O) groups excluding carboxylic acids is 2. The molecule has 0 aliphatic carbocycles. The van der Waals surface area contributed by atoms with E-state index in [1.54, 1.807) is 0 Å². The van der Waals surface area contributed by atoms with Gasteiger partial charge in [0.2, 0.25) is 0 Å². The molecule has 7 nitrogen and oxygen atoms in total. The van der Waals surface area contributed by atoms with Gasteiger partial charge < -0.3 is 20.3 Å². The number of nitrogens with one attached hydrogen (secondary N) is 2. The Morgan fingerprint density at radius 3 is 2.53 bits per heavy atom. The van der Waals surface area contributed by atoms with Gasteiger partial charge in [-0.05, 0) is 35.6 Å². The van der Waals surface area contributed by atoms with Crippen LogP contribution in [0.25, 0.3) is 0 Å². The summed E-state index contributed by atoms with van der Waals surface area (Å²) in [6, 6.07) is 16.5. The van der Waals surface area contributed by atoms with Crippen LogP contribution in [0.2, 0.25) is 0 Å². The van der Waals surface area contributed by atoms with Gasteiger partial charge in [0, 0.05) is 45.5 Å². The number of fused-ring (bicyclic) bond motifs is 1. The minimum absolute atomic E-state index is 0.0103. The van der Waals surface area contributed by atoms with Crippen LogP contribution in [-0.4, -0.2) is 69.7 Å². The van der Waals surface area contributed by atoms with Crippen molar-refractivity contribution in [2.45, 2.75) is 18.9 Å². The van der Waals surface area contributed by atoms with Gasteiger partial charge in [-0.1, -0.05) is 42.5 Å². The molecule has 0 radical (unpaired) electrons. The summed E-state index contributed by atoms with van der Waals surface area (Å²) in [5.74, 6) is -1.17. The first-order valence-electron chi connectivity index (χ1n) is 11.4. The van der Waals surface area contributed by atoms with Crippen LogP contribution in [0.5, 0.6) is 0 Å². The molecule has 4 rings (SSSR count). The van der Waals surface area contributed by atoms with Crippen LogP contribution >= 0.6 is 0 Å². The minimum atomic E-state index is -0.586. The van der Waals surface area contributed by atoms with E-state index in [0.29, 0.717) is 32.7 Å². The molecule has 2 aliphatic heterocycles. The third-order valence-electron chi connectivity index (χ3n) is 6.31. The van der Waals surface area contributed by atoms with Gasteiger partial charge in [-0.25, -0.2) is 0 Å². The molecular formula is C25H32N4O3. The quantitative estimate of drug-likeness (QED) is 0.644. The Labute approximate surface area is 189 Å². The maximum Gasteiger partial charge on any atom is 0.309 e. The molecule has 170 valence electrons. The van der Waals surface area contributed by atoms with Crippen molar-refractivity contribution in [2.24, 2.45) is 0 Å². The zero-order valence-electron chi connectivity index (χ0n) is 18.7. The average Bonchev–Trinajstić information content (AvgIpc) is 3.20. The van der Waals surface area contributed by atoms with Gasteiger partial charge in [0.05, 0.1) is 19.3 Å². The van der Waals surface area contributed by atoms with Gasteiger partial charge in [0.15, 0.2) is 0 Å². The number of rotatable bonds is 7. The highest BCUT2D eigenvalue weighted by molar-refractivity contribution is 6.35. The lowest BCUT2D eigenvalue weighted by atomic mass is 10.0. The Bertz CT molecular complexity index is 928. The van der Waals surface area contributed by atoms with Crippen LogP contribution in [-0.2, 0) is 27.2 Å². The molecule has 7 heteroatoms. The lowest BCUT2D eigenvalue weighted by Gasteiger charge is -2.35. The summed E-state index contributed by atoms with van der Waals surface area (Å²) in [5.41, 5.74) is 4.91. The van der Waals surface area contributed by atoms with Crippen LogP contribution in [0, 0.1) is 0 Å². The summed E-state index contributed by atoms with van der Waals surface area (Å²) in [7, 11) is 2.11. The first-order valence-corrected chi connectivity index (χ1v) is 11.4. The number of hydrogen-bond donors (Lipinski definition) is 2. The second-order valence-electron chi connectivity index (χ2n) is 8.43. The highest BCUT2D eigenvalue weighted by Crippen LogP contribution is 2.31. The molecule has 2 aromatic carbocycles. The molecule has 0 saturated carbocycles. The predicted molar refractivity (Wildman–Crippen MR) is 125 cm³/mol. The molecule has 1 atom stereocenters. The van der Waals surface area contributed by atoms with E-state index in [0.717, 1.165) is 31.6 Å². The van der Waals surface area contributed by atoms with Crippen LogP contribution in [0.4, 0.5) is 5.69 Å². The molecule has 2 aromatic rings. The van der Waals surface area contributed by atoms with E-state index in [1.165, 1.54) is 16.8 Å². The Morgan fingerprint density at radius 1 is 1.00 bits per heavy atom. The number of nitrogens with zero attached hydrogens (tertiary/aromatic N) is 2. The van der Waals surface area contributed by atoms with Gasteiger partial charge >= 0.3 is 11.8 Å². The Balaban J connectivity index is 1.36. The fraction of sp³-hybridized carbons (Fsp3) is 0.440. The summed E-state index contributed by atoms with van der Waals surface area (Å²) in [4.78, 5) is 29.3. The van der Waals surface area contributed by atoms with E-state index in [1.807, 2.05) is 30.3 Å². The molecular weight excluding hydrogens is 404 g/mol. The fourth-order valence-corrected chi connectivity index (χ4v) is 4.46. The number of benzene rings is 2. The molecule has 1 fully saturated rings. The number of hydrogen-bond acceptors (Lipinski definition) is 5. The molecule has 32 heavy (non-hydrogen) atoms. The first kappa shape index (κ1) is 22.3. The van der Waals surface area contributed by atoms with Crippen molar-refractivity contribution in [3.63, 3.8) is 0 Å². The van der Waals surface area contributed by atoms with Gasteiger partial charge in [0.25, 0.3) is 0 Å². The maximum absolute atomic E-state index is 12.5. The SMILES string of the molecule is CN1CCc2cc([C@H](CNC(=O)C(=O)NCCc3ccccc3)N3CCOCC3)ccc21. The highest BCUT2D eigenvalue weighted by Gasteiger charge is 2.26. The third kappa shape index (κ3) is 5.47. The van der Waals surface area contributed by atoms with Crippen molar-refractivity contribution in [3.8, 4) is 0 Å². The van der Waals surface area contributed by atoms with Crippen molar-refractivity contribution in [1.82, 2.24) is 15.5 Å². The lowest BCUT2D eigenvalue weighted by Crippen LogP contribution is -2.47. The lowest BCUT2D eigenvalue weighted by molar-refractivity contribution is -0.139. The number of carbonyl (C=O) groups is 2. The number of morpholine rings is 1. The molecule has 2 amide bonds. The van der Waals surface area contributed by atoms with Crippen LogP contribution in [0.15, 0.2) is 48.5 Å². The summed E-state index contributed by atoms with van der Waals surface area (Å²) >= 11 is 0. The molecule has 0 spiro atoms. The molecule has 0 unspecified atom stereocenters. The Hall–Kier alpha value is -2.90. The third-order valence-corrected chi connectivity index (χ3v) is 6.31. The van der Waals surface area contributed by atoms with Gasteiger partial charge in [0.1, 0.15) is 0 Å². The largest absolute Gasteiger partial charge is 0.379 e. The minimum Gasteiger partial charge on any atom is -0.379 e. The zero-order chi connectivity index (χ0) is 22.3. The number of ether oxygens (including phenoxy) is 1. The van der Waals surface area contributed by atoms with Crippen LogP contribution in [0.3, 0.4) is 0 Å². The summed E-state index contributed by atoms with van der Waals surface area (Å²) in [5, 5.41) is 5.58. The van der Waals surface area contributed by atoms with E-state index < -0.39 is 11.8 Å². The summed E-state index contributed by atoms with van der Waals surface area (Å²) in [6.07, 6.45) is 1.73. The first-order chi connectivity index (χ1) is 15.6. The molecule has 2 heterocycles. The molecule has 2 aliphatic rings. The van der Waals surface area contributed by atoms with E-state index >= 15 is 0 Å². The number of anilines is 1. The molecule has 2 N–H and O–H groups in total. The predicted octanol–water partition coefficient (Wildman–Crippen LogP) is 1.53. The standard InChI is InChI=1S/C25H32N4O3/c1-28-12-10-21-17-20(7-8-22(21)28)23(29-13-15-32-16-14-29)18-27-25(31)24(30)26-11-9-19-5-3-2-4-6-19/h2-8,17,23H,9-16,18H2,1H3,(H,26,30)(H,27,31)/t23-/m0/s1.